The molecule has 2 N–H and O–H groups in total. The van der Waals surface area contributed by atoms with Crippen molar-refractivity contribution in [3.05, 3.63) is 36.4 Å². The number of amides is 3. The van der Waals surface area contributed by atoms with Crippen molar-refractivity contribution in [2.75, 3.05) is 11.6 Å². The number of nitrogens with zero attached hydrogens (tertiary/aromatic N) is 1. The molecule has 5 atom stereocenters. The van der Waals surface area contributed by atoms with Crippen LogP contribution < -0.4 is 10.6 Å². The third-order valence-corrected chi connectivity index (χ3v) is 9.85. The first-order valence-electron chi connectivity index (χ1n) is 14.0. The summed E-state index contributed by atoms with van der Waals surface area (Å²) < 4.78 is 6.52. The highest BCUT2D eigenvalue weighted by Crippen LogP contribution is 2.56. The predicted molar refractivity (Wildman–Crippen MR) is 143 cm³/mol. The zero-order chi connectivity index (χ0) is 25.6. The minimum Gasteiger partial charge on any atom is -0.359 e. The van der Waals surface area contributed by atoms with Crippen molar-refractivity contribution in [1.82, 2.24) is 10.2 Å². The van der Waals surface area contributed by atoms with E-state index >= 15 is 0 Å². The quantitative estimate of drug-likeness (QED) is 0.429. The number of carbonyl (C=O) groups is 3. The summed E-state index contributed by atoms with van der Waals surface area (Å²) in [4.78, 5) is 44.7. The smallest absolute Gasteiger partial charge is 0.246 e. The van der Waals surface area contributed by atoms with E-state index in [2.05, 4.69) is 10.6 Å². The van der Waals surface area contributed by atoms with Gasteiger partial charge >= 0.3 is 0 Å². The number of nitrogens with one attached hydrogen (secondary N) is 2. The summed E-state index contributed by atoms with van der Waals surface area (Å²) in [5.74, 6) is -1.78. The molecule has 2 aliphatic carbocycles. The van der Waals surface area contributed by atoms with Crippen molar-refractivity contribution in [3.8, 4) is 0 Å². The lowest BCUT2D eigenvalue weighted by atomic mass is 9.74. The second-order valence-corrected chi connectivity index (χ2v) is 12.2. The molecule has 37 heavy (non-hydrogen) atoms. The van der Waals surface area contributed by atoms with Crippen LogP contribution in [0.15, 0.2) is 41.3 Å². The number of fused-ring (bicyclic) bond motifs is 1. The SMILES string of the molecule is CSc1cccc(NC(=O)[C@H]2[C@H]3C=C[C@]4(O3)[C@H](C(=O)NC3CCCCC3)N(C3CCCCC3)C(=O)[C@@H]24)c1. The molecule has 3 heterocycles. The Labute approximate surface area is 223 Å². The Morgan fingerprint density at radius 3 is 2.49 bits per heavy atom. The molecule has 8 heteroatoms. The van der Waals surface area contributed by atoms with Gasteiger partial charge in [-0.2, -0.15) is 0 Å². The normalized spacial score (nSPS) is 33.5. The molecule has 0 aromatic heterocycles. The summed E-state index contributed by atoms with van der Waals surface area (Å²) in [6, 6.07) is 7.14. The molecule has 1 aromatic rings. The Hall–Kier alpha value is -2.32. The maximum atomic E-state index is 14.2. The Bertz CT molecular complexity index is 1100. The monoisotopic (exact) mass is 523 g/mol. The molecule has 3 amide bonds. The minimum atomic E-state index is -1.08. The molecule has 2 saturated heterocycles. The molecule has 0 radical (unpaired) electrons. The lowest BCUT2D eigenvalue weighted by Gasteiger charge is -2.39. The highest BCUT2D eigenvalue weighted by atomic mass is 32.2. The predicted octanol–water partition coefficient (Wildman–Crippen LogP) is 4.28. The average Bonchev–Trinajstić information content (AvgIpc) is 3.57. The van der Waals surface area contributed by atoms with Crippen LogP contribution in [-0.2, 0) is 19.1 Å². The fourth-order valence-corrected chi connectivity index (χ4v) is 7.87. The van der Waals surface area contributed by atoms with E-state index in [0.29, 0.717) is 5.69 Å². The second-order valence-electron chi connectivity index (χ2n) is 11.3. The highest BCUT2D eigenvalue weighted by Gasteiger charge is 2.73. The number of hydrogen-bond donors (Lipinski definition) is 2. The van der Waals surface area contributed by atoms with Crippen LogP contribution in [0, 0.1) is 11.8 Å². The van der Waals surface area contributed by atoms with Crippen LogP contribution in [-0.4, -0.2) is 58.7 Å². The van der Waals surface area contributed by atoms with Crippen molar-refractivity contribution in [1.29, 1.82) is 0 Å². The van der Waals surface area contributed by atoms with Crippen molar-refractivity contribution in [3.63, 3.8) is 0 Å². The summed E-state index contributed by atoms with van der Waals surface area (Å²) in [5.41, 5.74) is -0.375. The number of likely N-dealkylation sites (tertiary alicyclic amines) is 1. The number of anilines is 1. The first-order chi connectivity index (χ1) is 18.0. The summed E-state index contributed by atoms with van der Waals surface area (Å²) in [6.45, 7) is 0. The molecule has 5 aliphatic rings. The standard InChI is InChI=1S/C29H37N3O4S/c1-37-21-14-8-11-19(17-21)31-26(33)23-22-15-16-29(36-22)24(23)28(35)32(20-12-6-3-7-13-20)25(29)27(34)30-18-9-4-2-5-10-18/h8,11,14-18,20,22-25H,2-7,9-10,12-13H2,1H3,(H,30,34)(H,31,33)/t22-,23+,24-,25+,29-/m1/s1. The van der Waals surface area contributed by atoms with Gasteiger partial charge in [0, 0.05) is 22.7 Å². The third kappa shape index (κ3) is 4.30. The number of rotatable bonds is 6. The Morgan fingerprint density at radius 1 is 1.03 bits per heavy atom. The lowest BCUT2D eigenvalue weighted by Crippen LogP contribution is -2.58. The summed E-state index contributed by atoms with van der Waals surface area (Å²) >= 11 is 1.61. The van der Waals surface area contributed by atoms with Gasteiger partial charge in [-0.1, -0.05) is 56.7 Å². The maximum absolute atomic E-state index is 14.2. The van der Waals surface area contributed by atoms with Gasteiger partial charge in [0.2, 0.25) is 17.7 Å². The van der Waals surface area contributed by atoms with E-state index in [0.717, 1.165) is 62.7 Å². The fraction of sp³-hybridized carbons (Fsp3) is 0.621. The van der Waals surface area contributed by atoms with Gasteiger partial charge in [0.05, 0.1) is 17.9 Å². The van der Waals surface area contributed by atoms with Crippen LogP contribution in [0.2, 0.25) is 0 Å². The average molecular weight is 524 g/mol. The van der Waals surface area contributed by atoms with E-state index < -0.39 is 29.6 Å². The van der Waals surface area contributed by atoms with Gasteiger partial charge in [0.15, 0.2) is 0 Å². The Morgan fingerprint density at radius 2 is 1.76 bits per heavy atom. The van der Waals surface area contributed by atoms with E-state index in [4.69, 9.17) is 4.74 Å². The molecule has 1 spiro atoms. The van der Waals surface area contributed by atoms with Gasteiger partial charge in [-0.05, 0) is 50.1 Å². The van der Waals surface area contributed by atoms with Gasteiger partial charge in [-0.15, -0.1) is 11.8 Å². The molecule has 7 nitrogen and oxygen atoms in total. The van der Waals surface area contributed by atoms with Crippen molar-refractivity contribution in [2.24, 2.45) is 11.8 Å². The zero-order valence-corrected chi connectivity index (χ0v) is 22.3. The van der Waals surface area contributed by atoms with Crippen LogP contribution in [0.25, 0.3) is 0 Å². The molecule has 1 aromatic carbocycles. The molecule has 198 valence electrons. The van der Waals surface area contributed by atoms with E-state index in [1.807, 2.05) is 47.6 Å². The number of benzene rings is 1. The van der Waals surface area contributed by atoms with E-state index in [-0.39, 0.29) is 29.8 Å². The topological polar surface area (TPSA) is 87.7 Å². The third-order valence-electron chi connectivity index (χ3n) is 9.12. The molecular weight excluding hydrogens is 486 g/mol. The first-order valence-corrected chi connectivity index (χ1v) is 15.2. The van der Waals surface area contributed by atoms with E-state index in [1.54, 1.807) is 11.8 Å². The first kappa shape index (κ1) is 25.0. The van der Waals surface area contributed by atoms with Gasteiger partial charge < -0.3 is 20.3 Å². The molecule has 3 aliphatic heterocycles. The summed E-state index contributed by atoms with van der Waals surface area (Å²) in [7, 11) is 0. The Balaban J connectivity index is 1.31. The van der Waals surface area contributed by atoms with Crippen LogP contribution in [0.1, 0.15) is 64.2 Å². The van der Waals surface area contributed by atoms with Crippen LogP contribution >= 0.6 is 11.8 Å². The molecule has 6 rings (SSSR count). The van der Waals surface area contributed by atoms with Gasteiger partial charge in [-0.3, -0.25) is 14.4 Å². The van der Waals surface area contributed by atoms with Crippen LogP contribution in [0.4, 0.5) is 5.69 Å². The number of thioether (sulfide) groups is 1. The van der Waals surface area contributed by atoms with Gasteiger partial charge in [-0.25, -0.2) is 0 Å². The second kappa shape index (κ2) is 10.1. The maximum Gasteiger partial charge on any atom is 0.246 e. The highest BCUT2D eigenvalue weighted by molar-refractivity contribution is 7.98. The molecule has 4 fully saturated rings. The van der Waals surface area contributed by atoms with Crippen molar-refractivity contribution >= 4 is 35.2 Å². The van der Waals surface area contributed by atoms with E-state index in [1.165, 1.54) is 6.42 Å². The lowest BCUT2D eigenvalue weighted by molar-refractivity contribution is -0.144. The van der Waals surface area contributed by atoms with Crippen molar-refractivity contribution in [2.45, 2.75) is 98.9 Å². The molecule has 2 saturated carbocycles. The largest absolute Gasteiger partial charge is 0.359 e. The van der Waals surface area contributed by atoms with Crippen molar-refractivity contribution < 1.29 is 19.1 Å². The fourth-order valence-electron chi connectivity index (χ4n) is 7.41. The molecule has 2 bridgehead atoms. The van der Waals surface area contributed by atoms with Gasteiger partial charge in [0.25, 0.3) is 0 Å². The number of hydrogen-bond acceptors (Lipinski definition) is 5. The summed E-state index contributed by atoms with van der Waals surface area (Å²) in [6.07, 6.45) is 15.8. The zero-order valence-electron chi connectivity index (χ0n) is 21.5. The molecule has 0 unspecified atom stereocenters. The van der Waals surface area contributed by atoms with Gasteiger partial charge in [0.1, 0.15) is 11.6 Å². The number of carbonyl (C=O) groups excluding carboxylic acids is 3. The van der Waals surface area contributed by atoms with Crippen LogP contribution in [0.5, 0.6) is 0 Å². The molecular formula is C29H37N3O4S. The van der Waals surface area contributed by atoms with Crippen LogP contribution in [0.3, 0.4) is 0 Å². The summed E-state index contributed by atoms with van der Waals surface area (Å²) in [5, 5.41) is 6.33. The van der Waals surface area contributed by atoms with E-state index in [9.17, 15) is 14.4 Å². The number of ether oxygens (including phenoxy) is 1. The minimum absolute atomic E-state index is 0.0151. The Kier molecular flexibility index (Phi) is 6.82.